The van der Waals surface area contributed by atoms with Crippen molar-refractivity contribution in [3.63, 3.8) is 0 Å². The molecule has 1 aromatic heterocycles. The zero-order valence-electron chi connectivity index (χ0n) is 18.1. The first-order valence-electron chi connectivity index (χ1n) is 10.7. The van der Waals surface area contributed by atoms with E-state index < -0.39 is 0 Å². The number of nitrogens with zero attached hydrogens (tertiary/aromatic N) is 4. The SMILES string of the molecule is COc1cc(C=Nn2c(C3CCCCC3)nc3ccc(Br)cc3c2=O)c(Br)cc1OCC#N. The number of hydrogen-bond donors (Lipinski definition) is 0. The molecule has 0 spiro atoms. The molecule has 33 heavy (non-hydrogen) atoms. The van der Waals surface area contributed by atoms with Crippen molar-refractivity contribution in [1.82, 2.24) is 9.66 Å². The van der Waals surface area contributed by atoms with Gasteiger partial charge in [-0.05, 0) is 59.1 Å². The van der Waals surface area contributed by atoms with Crippen LogP contribution in [-0.4, -0.2) is 29.6 Å². The van der Waals surface area contributed by atoms with Gasteiger partial charge in [0.2, 0.25) is 0 Å². The van der Waals surface area contributed by atoms with E-state index in [1.807, 2.05) is 18.2 Å². The molecule has 0 unspecified atom stereocenters. The van der Waals surface area contributed by atoms with Gasteiger partial charge < -0.3 is 9.47 Å². The van der Waals surface area contributed by atoms with Crippen molar-refractivity contribution in [2.45, 2.75) is 38.0 Å². The van der Waals surface area contributed by atoms with Crippen LogP contribution in [0.5, 0.6) is 11.5 Å². The monoisotopic (exact) mass is 572 g/mol. The molecular formula is C24H22Br2N4O3. The molecule has 3 aromatic rings. The third-order valence-corrected chi connectivity index (χ3v) is 6.87. The van der Waals surface area contributed by atoms with Crippen molar-refractivity contribution >= 4 is 49.0 Å². The highest BCUT2D eigenvalue weighted by Gasteiger charge is 2.22. The van der Waals surface area contributed by atoms with Crippen LogP contribution in [0, 0.1) is 11.3 Å². The van der Waals surface area contributed by atoms with Gasteiger partial charge >= 0.3 is 0 Å². The Hall–Kier alpha value is -2.70. The average molecular weight is 574 g/mol. The molecule has 1 saturated carbocycles. The van der Waals surface area contributed by atoms with E-state index in [0.717, 1.165) is 30.2 Å². The molecule has 7 nitrogen and oxygen atoms in total. The van der Waals surface area contributed by atoms with Crippen molar-refractivity contribution in [2.75, 3.05) is 13.7 Å². The normalized spacial score (nSPS) is 14.5. The van der Waals surface area contributed by atoms with Gasteiger partial charge in [0, 0.05) is 20.4 Å². The molecule has 0 amide bonds. The zero-order valence-corrected chi connectivity index (χ0v) is 21.2. The topological polar surface area (TPSA) is 89.5 Å². The maximum Gasteiger partial charge on any atom is 0.282 e. The van der Waals surface area contributed by atoms with Crippen molar-refractivity contribution in [1.29, 1.82) is 5.26 Å². The lowest BCUT2D eigenvalue weighted by Gasteiger charge is -2.22. The Morgan fingerprint density at radius 2 is 2.00 bits per heavy atom. The molecule has 0 saturated heterocycles. The Kier molecular flexibility index (Phi) is 7.46. The summed E-state index contributed by atoms with van der Waals surface area (Å²) in [5.74, 6) is 1.80. The van der Waals surface area contributed by atoms with Crippen LogP contribution in [0.2, 0.25) is 0 Å². The minimum Gasteiger partial charge on any atom is -0.493 e. The molecule has 170 valence electrons. The number of ether oxygens (including phenoxy) is 2. The van der Waals surface area contributed by atoms with Crippen molar-refractivity contribution < 1.29 is 9.47 Å². The first-order chi connectivity index (χ1) is 16.0. The molecule has 1 aliphatic rings. The van der Waals surface area contributed by atoms with Crippen molar-refractivity contribution in [3.05, 3.63) is 61.0 Å². The summed E-state index contributed by atoms with van der Waals surface area (Å²) in [7, 11) is 1.53. The summed E-state index contributed by atoms with van der Waals surface area (Å²) in [4.78, 5) is 18.3. The Balaban J connectivity index is 1.81. The Labute approximate surface area is 208 Å². The number of methoxy groups -OCH3 is 1. The van der Waals surface area contributed by atoms with Crippen LogP contribution < -0.4 is 15.0 Å². The third kappa shape index (κ3) is 5.12. The molecular weight excluding hydrogens is 552 g/mol. The molecule has 0 bridgehead atoms. The van der Waals surface area contributed by atoms with Gasteiger partial charge in [0.25, 0.3) is 5.56 Å². The van der Waals surface area contributed by atoms with Gasteiger partial charge in [-0.1, -0.05) is 35.2 Å². The molecule has 1 heterocycles. The quantitative estimate of drug-likeness (QED) is 0.350. The predicted octanol–water partition coefficient (Wildman–Crippen LogP) is 5.76. The zero-order chi connectivity index (χ0) is 23.4. The van der Waals surface area contributed by atoms with Gasteiger partial charge in [-0.2, -0.15) is 15.0 Å². The van der Waals surface area contributed by atoms with E-state index in [1.165, 1.54) is 18.2 Å². The summed E-state index contributed by atoms with van der Waals surface area (Å²) in [6, 6.07) is 10.9. The van der Waals surface area contributed by atoms with Gasteiger partial charge in [0.15, 0.2) is 18.1 Å². The lowest BCUT2D eigenvalue weighted by Crippen LogP contribution is -2.25. The number of fused-ring (bicyclic) bond motifs is 1. The largest absolute Gasteiger partial charge is 0.493 e. The second-order valence-electron chi connectivity index (χ2n) is 7.80. The smallest absolute Gasteiger partial charge is 0.282 e. The Morgan fingerprint density at radius 1 is 1.21 bits per heavy atom. The van der Waals surface area contributed by atoms with Gasteiger partial charge in [-0.3, -0.25) is 4.79 Å². The Bertz CT molecular complexity index is 1310. The minimum atomic E-state index is -0.199. The fraction of sp³-hybridized carbons (Fsp3) is 0.333. The van der Waals surface area contributed by atoms with Crippen LogP contribution in [0.15, 0.2) is 49.2 Å². The van der Waals surface area contributed by atoms with Gasteiger partial charge in [-0.25, -0.2) is 4.98 Å². The summed E-state index contributed by atoms with van der Waals surface area (Å²) in [6.07, 6.45) is 7.04. The number of rotatable bonds is 6. The highest BCUT2D eigenvalue weighted by molar-refractivity contribution is 9.10. The number of aromatic nitrogens is 2. The molecule has 2 aromatic carbocycles. The highest BCUT2D eigenvalue weighted by atomic mass is 79.9. The first kappa shape index (κ1) is 23.5. The fourth-order valence-corrected chi connectivity index (χ4v) is 4.84. The lowest BCUT2D eigenvalue weighted by molar-refractivity contribution is 0.329. The molecule has 1 aliphatic carbocycles. The van der Waals surface area contributed by atoms with E-state index in [4.69, 9.17) is 19.7 Å². The van der Waals surface area contributed by atoms with Crippen molar-refractivity contribution in [2.24, 2.45) is 5.10 Å². The van der Waals surface area contributed by atoms with Crippen LogP contribution in [0.3, 0.4) is 0 Å². The maximum absolute atomic E-state index is 13.4. The van der Waals surface area contributed by atoms with Crippen LogP contribution >= 0.6 is 31.9 Å². The second-order valence-corrected chi connectivity index (χ2v) is 9.57. The summed E-state index contributed by atoms with van der Waals surface area (Å²) in [6.45, 7) is -0.0886. The summed E-state index contributed by atoms with van der Waals surface area (Å²) in [5, 5.41) is 13.9. The number of halogens is 2. The molecule has 1 fully saturated rings. The first-order valence-corrected chi connectivity index (χ1v) is 12.2. The van der Waals surface area contributed by atoms with Gasteiger partial charge in [0.1, 0.15) is 11.9 Å². The highest BCUT2D eigenvalue weighted by Crippen LogP contribution is 2.34. The molecule has 0 N–H and O–H groups in total. The summed E-state index contributed by atoms with van der Waals surface area (Å²) < 4.78 is 13.8. The number of benzene rings is 2. The molecule has 0 atom stereocenters. The maximum atomic E-state index is 13.4. The van der Waals surface area contributed by atoms with Gasteiger partial charge in [-0.15, -0.1) is 0 Å². The van der Waals surface area contributed by atoms with E-state index in [-0.39, 0.29) is 18.1 Å². The predicted molar refractivity (Wildman–Crippen MR) is 134 cm³/mol. The molecule has 0 aliphatic heterocycles. The second kappa shape index (κ2) is 10.5. The van der Waals surface area contributed by atoms with Gasteiger partial charge in [0.05, 0.1) is 24.2 Å². The average Bonchev–Trinajstić information content (AvgIpc) is 2.83. The van der Waals surface area contributed by atoms with E-state index in [9.17, 15) is 4.79 Å². The third-order valence-electron chi connectivity index (χ3n) is 5.69. The van der Waals surface area contributed by atoms with E-state index >= 15 is 0 Å². The van der Waals surface area contributed by atoms with Crippen molar-refractivity contribution in [3.8, 4) is 17.6 Å². The minimum absolute atomic E-state index is 0.0886. The fourth-order valence-electron chi connectivity index (χ4n) is 4.05. The van der Waals surface area contributed by atoms with E-state index in [2.05, 4.69) is 37.0 Å². The lowest BCUT2D eigenvalue weighted by atomic mass is 9.88. The standard InChI is InChI=1S/C24H22Br2N4O3/c1-32-21-11-16(19(26)13-22(21)33-10-9-27)14-28-30-23(15-5-3-2-4-6-15)29-20-8-7-17(25)12-18(20)24(30)31/h7-8,11-15H,2-6,10H2,1H3. The van der Waals surface area contributed by atoms with Crippen LogP contribution in [0.1, 0.15) is 49.4 Å². The summed E-state index contributed by atoms with van der Waals surface area (Å²) >= 11 is 6.97. The number of hydrogen-bond acceptors (Lipinski definition) is 6. The van der Waals surface area contributed by atoms with E-state index in [0.29, 0.717) is 38.3 Å². The molecule has 0 radical (unpaired) electrons. The van der Waals surface area contributed by atoms with Crippen LogP contribution in [-0.2, 0) is 0 Å². The summed E-state index contributed by atoms with van der Waals surface area (Å²) in [5.41, 5.74) is 1.18. The molecule has 4 rings (SSSR count). The Morgan fingerprint density at radius 3 is 2.73 bits per heavy atom. The number of nitriles is 1. The molecule has 9 heteroatoms. The van der Waals surface area contributed by atoms with Crippen LogP contribution in [0.4, 0.5) is 0 Å². The van der Waals surface area contributed by atoms with Crippen LogP contribution in [0.25, 0.3) is 10.9 Å². The van der Waals surface area contributed by atoms with E-state index in [1.54, 1.807) is 24.4 Å².